The van der Waals surface area contributed by atoms with Crippen molar-refractivity contribution in [2.75, 3.05) is 0 Å². The number of thiophene rings is 1. The smallest absolute Gasteiger partial charge is 0.279 e. The van der Waals surface area contributed by atoms with Gasteiger partial charge in [-0.1, -0.05) is 0 Å². The first-order valence-electron chi connectivity index (χ1n) is 8.92. The number of rotatable bonds is 4. The number of thiazole rings is 1. The Bertz CT molecular complexity index is 1270. The number of nitro groups is 1. The van der Waals surface area contributed by atoms with E-state index in [1.54, 1.807) is 35.2 Å². The summed E-state index contributed by atoms with van der Waals surface area (Å²) in [4.78, 5) is 31.4. The Morgan fingerprint density at radius 2 is 2.00 bits per heavy atom. The summed E-state index contributed by atoms with van der Waals surface area (Å²) in [7, 11) is 0. The molecule has 3 aromatic heterocycles. The summed E-state index contributed by atoms with van der Waals surface area (Å²) in [6.45, 7) is 0. The predicted octanol–water partition coefficient (Wildman–Crippen LogP) is 5.05. The average Bonchev–Trinajstić information content (AvgIpc) is 3.28. The van der Waals surface area contributed by atoms with Crippen molar-refractivity contribution in [1.29, 1.82) is 0 Å². The van der Waals surface area contributed by atoms with Gasteiger partial charge in [0, 0.05) is 38.7 Å². The molecule has 0 radical (unpaired) electrons. The largest absolute Gasteiger partial charge is 0.282 e. The van der Waals surface area contributed by atoms with Crippen molar-refractivity contribution >= 4 is 55.3 Å². The maximum Gasteiger partial charge on any atom is 0.282 e. The van der Waals surface area contributed by atoms with Gasteiger partial charge in [-0.15, -0.1) is 34.4 Å². The third kappa shape index (κ3) is 2.94. The normalized spacial score (nSPS) is 13.9. The fourth-order valence-corrected chi connectivity index (χ4v) is 6.95. The molecule has 6 nitrogen and oxygen atoms in total. The molecule has 0 fully saturated rings. The number of thioether (sulfide) groups is 1. The molecule has 28 heavy (non-hydrogen) atoms. The molecule has 5 rings (SSSR count). The Morgan fingerprint density at radius 1 is 1.21 bits per heavy atom. The third-order valence-corrected chi connectivity index (χ3v) is 8.18. The highest BCUT2D eigenvalue weighted by Gasteiger charge is 2.22. The minimum absolute atomic E-state index is 0.0951. The Labute approximate surface area is 172 Å². The van der Waals surface area contributed by atoms with Crippen LogP contribution in [0, 0.1) is 10.1 Å². The Hall–Kier alpha value is -2.23. The van der Waals surface area contributed by atoms with Gasteiger partial charge in [-0.05, 0) is 43.4 Å². The van der Waals surface area contributed by atoms with Crippen LogP contribution in [0.4, 0.5) is 5.69 Å². The van der Waals surface area contributed by atoms with Crippen molar-refractivity contribution in [3.63, 3.8) is 0 Å². The van der Waals surface area contributed by atoms with Gasteiger partial charge in [-0.3, -0.25) is 19.3 Å². The summed E-state index contributed by atoms with van der Waals surface area (Å²) in [5.74, 6) is 0.708. The summed E-state index contributed by atoms with van der Waals surface area (Å²) in [6, 6.07) is 6.60. The van der Waals surface area contributed by atoms with Gasteiger partial charge < -0.3 is 0 Å². The lowest BCUT2D eigenvalue weighted by atomic mass is 9.97. The number of nitro benzene ring substituents is 1. The number of fused-ring (bicyclic) bond motifs is 5. The molecule has 1 aliphatic carbocycles. The second kappa shape index (κ2) is 6.98. The molecule has 1 aromatic carbocycles. The van der Waals surface area contributed by atoms with E-state index in [0.29, 0.717) is 5.75 Å². The molecule has 0 saturated heterocycles. The minimum Gasteiger partial charge on any atom is -0.279 e. The number of nitrogens with zero attached hydrogens (tertiary/aromatic N) is 3. The summed E-state index contributed by atoms with van der Waals surface area (Å²) < 4.78 is 2.13. The van der Waals surface area contributed by atoms with Gasteiger partial charge in [0.25, 0.3) is 11.2 Å². The fraction of sp³-hybridized carbons (Fsp3) is 0.263. The molecule has 0 bridgehead atoms. The molecule has 0 N–H and O–H groups in total. The van der Waals surface area contributed by atoms with Crippen LogP contribution in [0.15, 0.2) is 39.3 Å². The molecule has 0 atom stereocenters. The van der Waals surface area contributed by atoms with Crippen LogP contribution in [-0.4, -0.2) is 14.3 Å². The van der Waals surface area contributed by atoms with Gasteiger partial charge in [-0.25, -0.2) is 0 Å². The predicted molar refractivity (Wildman–Crippen MR) is 114 cm³/mol. The average molecular weight is 430 g/mol. The lowest BCUT2D eigenvalue weighted by Crippen LogP contribution is -2.11. The van der Waals surface area contributed by atoms with Crippen LogP contribution in [0.1, 0.15) is 29.0 Å². The van der Waals surface area contributed by atoms with Gasteiger partial charge in [0.05, 0.1) is 10.3 Å². The van der Waals surface area contributed by atoms with E-state index in [1.165, 1.54) is 40.3 Å². The van der Waals surface area contributed by atoms with E-state index in [0.717, 1.165) is 45.0 Å². The van der Waals surface area contributed by atoms with E-state index in [4.69, 9.17) is 0 Å². The van der Waals surface area contributed by atoms with E-state index in [-0.39, 0.29) is 11.2 Å². The highest BCUT2D eigenvalue weighted by Crippen LogP contribution is 2.36. The van der Waals surface area contributed by atoms with E-state index >= 15 is 0 Å². The Kier molecular flexibility index (Phi) is 4.45. The van der Waals surface area contributed by atoms with Crippen LogP contribution in [0.2, 0.25) is 0 Å². The topological polar surface area (TPSA) is 77.5 Å². The maximum atomic E-state index is 12.6. The van der Waals surface area contributed by atoms with E-state index < -0.39 is 4.92 Å². The second-order valence-electron chi connectivity index (χ2n) is 6.69. The van der Waals surface area contributed by atoms with Crippen LogP contribution in [0.25, 0.3) is 15.2 Å². The van der Waals surface area contributed by atoms with Crippen molar-refractivity contribution in [2.24, 2.45) is 0 Å². The highest BCUT2D eigenvalue weighted by molar-refractivity contribution is 7.98. The van der Waals surface area contributed by atoms with Gasteiger partial charge in [-0.2, -0.15) is 4.98 Å². The molecule has 0 unspecified atom stereocenters. The number of hydrogen-bond donors (Lipinski definition) is 0. The lowest BCUT2D eigenvalue weighted by Gasteiger charge is -2.09. The monoisotopic (exact) mass is 429 g/mol. The van der Waals surface area contributed by atoms with Gasteiger partial charge in [0.15, 0.2) is 4.96 Å². The maximum absolute atomic E-state index is 12.6. The number of aryl methyl sites for hydroxylation is 2. The zero-order valence-electron chi connectivity index (χ0n) is 14.7. The van der Waals surface area contributed by atoms with E-state index in [1.807, 2.05) is 0 Å². The van der Waals surface area contributed by atoms with Gasteiger partial charge in [0.2, 0.25) is 0 Å². The minimum atomic E-state index is -0.391. The van der Waals surface area contributed by atoms with Crippen molar-refractivity contribution in [3.05, 3.63) is 66.2 Å². The number of hydrogen-bond acceptors (Lipinski definition) is 7. The quantitative estimate of drug-likeness (QED) is 0.258. The summed E-state index contributed by atoms with van der Waals surface area (Å²) in [5.41, 5.74) is 2.29. The number of non-ortho nitro benzene ring substituents is 1. The van der Waals surface area contributed by atoms with Gasteiger partial charge in [0.1, 0.15) is 4.83 Å². The molecule has 0 aliphatic heterocycles. The van der Waals surface area contributed by atoms with Crippen LogP contribution < -0.4 is 5.56 Å². The first kappa shape index (κ1) is 17.8. The summed E-state index contributed by atoms with van der Waals surface area (Å²) in [5, 5.41) is 13.7. The molecule has 0 spiro atoms. The van der Waals surface area contributed by atoms with Crippen LogP contribution in [-0.2, 0) is 18.6 Å². The summed E-state index contributed by atoms with van der Waals surface area (Å²) >= 11 is 4.84. The molecular formula is C19H15N3O3S3. The van der Waals surface area contributed by atoms with E-state index in [2.05, 4.69) is 14.8 Å². The standard InChI is InChI=1S/C19H15N3O3S3/c23-17-16-14-3-1-2-4-15(14)28-18(16)21-12(10-27-19(21)20-17)9-26-13-7-5-11(6-8-13)22(24)25/h5-8,10H,1-4,9H2. The molecule has 0 saturated carbocycles. The molecule has 0 amide bonds. The third-order valence-electron chi connectivity index (χ3n) is 4.98. The highest BCUT2D eigenvalue weighted by atomic mass is 32.2. The van der Waals surface area contributed by atoms with Crippen LogP contribution in [0.5, 0.6) is 0 Å². The fourth-order valence-electron chi connectivity index (χ4n) is 3.63. The van der Waals surface area contributed by atoms with Crippen molar-refractivity contribution in [2.45, 2.75) is 36.3 Å². The zero-order chi connectivity index (χ0) is 19.3. The SMILES string of the molecule is O=c1nc2scc(CSc3ccc([N+](=O)[O-])cc3)n2c2sc3c(c12)CCCC3. The molecule has 1 aliphatic rings. The van der Waals surface area contributed by atoms with E-state index in [9.17, 15) is 14.9 Å². The number of benzene rings is 1. The number of aromatic nitrogens is 2. The molecule has 4 aromatic rings. The first-order chi connectivity index (χ1) is 13.6. The van der Waals surface area contributed by atoms with Crippen LogP contribution in [0.3, 0.4) is 0 Å². The molecule has 3 heterocycles. The first-order valence-corrected chi connectivity index (χ1v) is 11.6. The van der Waals surface area contributed by atoms with Crippen LogP contribution >= 0.6 is 34.4 Å². The Balaban J connectivity index is 1.54. The lowest BCUT2D eigenvalue weighted by molar-refractivity contribution is -0.384. The van der Waals surface area contributed by atoms with Crippen molar-refractivity contribution < 1.29 is 4.92 Å². The summed E-state index contributed by atoms with van der Waals surface area (Å²) in [6.07, 6.45) is 4.33. The molecular weight excluding hydrogens is 414 g/mol. The zero-order valence-corrected chi connectivity index (χ0v) is 17.2. The van der Waals surface area contributed by atoms with Gasteiger partial charge >= 0.3 is 0 Å². The second-order valence-corrected chi connectivity index (χ2v) is 9.66. The Morgan fingerprint density at radius 3 is 2.79 bits per heavy atom. The molecule has 142 valence electrons. The molecule has 9 heteroatoms. The van der Waals surface area contributed by atoms with Crippen molar-refractivity contribution in [1.82, 2.24) is 9.38 Å². The van der Waals surface area contributed by atoms with Crippen molar-refractivity contribution in [3.8, 4) is 0 Å².